The van der Waals surface area contributed by atoms with Gasteiger partial charge in [-0.15, -0.1) is 11.3 Å². The molecular weight excluding hydrogens is 302 g/mol. The van der Waals surface area contributed by atoms with E-state index in [9.17, 15) is 14.7 Å². The summed E-state index contributed by atoms with van der Waals surface area (Å²) in [7, 11) is 0. The van der Waals surface area contributed by atoms with Crippen LogP contribution in [0.1, 0.15) is 25.6 Å². The number of aromatic carboxylic acids is 1. The van der Waals surface area contributed by atoms with Gasteiger partial charge in [0.2, 0.25) is 0 Å². The zero-order valence-electron chi connectivity index (χ0n) is 10.3. The van der Waals surface area contributed by atoms with Crippen LogP contribution in [0, 0.1) is 6.92 Å². The Kier molecular flexibility index (Phi) is 3.96. The SMILES string of the molecule is Cc1csc(C(=O)Nc2cc(C(=O)O)ccc2O)c1Cl. The lowest BCUT2D eigenvalue weighted by molar-refractivity contribution is 0.0696. The van der Waals surface area contributed by atoms with Gasteiger partial charge in [0, 0.05) is 0 Å². The van der Waals surface area contributed by atoms with Crippen LogP contribution >= 0.6 is 22.9 Å². The molecule has 2 rings (SSSR count). The van der Waals surface area contributed by atoms with Crippen LogP contribution in [0.2, 0.25) is 5.02 Å². The molecule has 1 aromatic heterocycles. The Morgan fingerprint density at radius 3 is 2.60 bits per heavy atom. The van der Waals surface area contributed by atoms with E-state index in [1.807, 2.05) is 0 Å². The van der Waals surface area contributed by atoms with Crippen LogP contribution in [0.15, 0.2) is 23.6 Å². The maximum Gasteiger partial charge on any atom is 0.335 e. The molecular formula is C13H10ClNO4S. The first-order valence-corrected chi connectivity index (χ1v) is 6.77. The van der Waals surface area contributed by atoms with Gasteiger partial charge in [-0.2, -0.15) is 0 Å². The van der Waals surface area contributed by atoms with Crippen molar-refractivity contribution in [3.63, 3.8) is 0 Å². The highest BCUT2D eigenvalue weighted by Gasteiger charge is 2.17. The number of hydrogen-bond donors (Lipinski definition) is 3. The number of carboxylic acid groups (broad SMARTS) is 1. The number of thiophene rings is 1. The predicted molar refractivity (Wildman–Crippen MR) is 77.1 cm³/mol. The molecule has 0 unspecified atom stereocenters. The van der Waals surface area contributed by atoms with Crippen molar-refractivity contribution in [1.82, 2.24) is 0 Å². The van der Waals surface area contributed by atoms with Crippen molar-refractivity contribution in [2.24, 2.45) is 0 Å². The Labute approximate surface area is 123 Å². The fourth-order valence-corrected chi connectivity index (χ4v) is 2.71. The molecule has 0 aliphatic heterocycles. The minimum Gasteiger partial charge on any atom is -0.506 e. The lowest BCUT2D eigenvalue weighted by atomic mass is 10.2. The van der Waals surface area contributed by atoms with Crippen LogP contribution in [0.4, 0.5) is 5.69 Å². The minimum absolute atomic E-state index is 0.0250. The average molecular weight is 312 g/mol. The Bertz CT molecular complexity index is 696. The fraction of sp³-hybridized carbons (Fsp3) is 0.0769. The quantitative estimate of drug-likeness (QED) is 0.758. The number of phenols is 1. The molecule has 0 saturated carbocycles. The molecule has 0 spiro atoms. The summed E-state index contributed by atoms with van der Waals surface area (Å²) in [5.41, 5.74) is 0.772. The monoisotopic (exact) mass is 311 g/mol. The molecule has 0 radical (unpaired) electrons. The van der Waals surface area contributed by atoms with Crippen LogP contribution in [0.5, 0.6) is 5.75 Å². The van der Waals surface area contributed by atoms with E-state index in [2.05, 4.69) is 5.32 Å². The predicted octanol–water partition coefficient (Wildman–Crippen LogP) is 3.37. The number of halogens is 1. The van der Waals surface area contributed by atoms with E-state index in [4.69, 9.17) is 16.7 Å². The van der Waals surface area contributed by atoms with Gasteiger partial charge in [0.1, 0.15) is 10.6 Å². The average Bonchev–Trinajstić information content (AvgIpc) is 2.72. The molecule has 2 aromatic rings. The van der Waals surface area contributed by atoms with E-state index >= 15 is 0 Å². The second-order valence-electron chi connectivity index (χ2n) is 4.05. The van der Waals surface area contributed by atoms with E-state index in [-0.39, 0.29) is 17.0 Å². The summed E-state index contributed by atoms with van der Waals surface area (Å²) in [5, 5.41) is 23.1. The number of carboxylic acids is 1. The summed E-state index contributed by atoms with van der Waals surface area (Å²) in [6.45, 7) is 1.78. The van der Waals surface area contributed by atoms with Crippen LogP contribution in [-0.4, -0.2) is 22.1 Å². The first-order valence-electron chi connectivity index (χ1n) is 5.51. The van der Waals surface area contributed by atoms with E-state index in [0.29, 0.717) is 9.90 Å². The standard InChI is InChI=1S/C13H10ClNO4S/c1-6-5-20-11(10(6)14)12(17)15-8-4-7(13(18)19)2-3-9(8)16/h2-5,16H,1H3,(H,15,17)(H,18,19). The highest BCUT2D eigenvalue weighted by Crippen LogP contribution is 2.30. The maximum absolute atomic E-state index is 12.0. The van der Waals surface area contributed by atoms with Crippen LogP contribution < -0.4 is 5.32 Å². The number of rotatable bonds is 3. The Balaban J connectivity index is 2.30. The van der Waals surface area contributed by atoms with Crippen molar-refractivity contribution >= 4 is 40.5 Å². The van der Waals surface area contributed by atoms with Gasteiger partial charge < -0.3 is 15.5 Å². The second kappa shape index (κ2) is 5.52. The van der Waals surface area contributed by atoms with Crippen LogP contribution in [-0.2, 0) is 0 Å². The van der Waals surface area contributed by atoms with Gasteiger partial charge in [-0.05, 0) is 36.1 Å². The molecule has 1 amide bonds. The van der Waals surface area contributed by atoms with E-state index in [1.165, 1.54) is 29.5 Å². The minimum atomic E-state index is -1.15. The molecule has 104 valence electrons. The van der Waals surface area contributed by atoms with Crippen LogP contribution in [0.25, 0.3) is 0 Å². The highest BCUT2D eigenvalue weighted by atomic mass is 35.5. The third-order valence-electron chi connectivity index (χ3n) is 2.60. The molecule has 0 aliphatic carbocycles. The Hall–Kier alpha value is -2.05. The number of aromatic hydroxyl groups is 1. The lowest BCUT2D eigenvalue weighted by Crippen LogP contribution is -2.11. The molecule has 1 heterocycles. The van der Waals surface area contributed by atoms with Gasteiger partial charge in [-0.1, -0.05) is 11.6 Å². The third-order valence-corrected chi connectivity index (χ3v) is 4.29. The zero-order chi connectivity index (χ0) is 14.9. The smallest absolute Gasteiger partial charge is 0.335 e. The molecule has 1 aromatic carbocycles. The van der Waals surface area contributed by atoms with Gasteiger partial charge in [0.15, 0.2) is 0 Å². The summed E-state index contributed by atoms with van der Waals surface area (Å²) in [5.74, 6) is -1.86. The van der Waals surface area contributed by atoms with E-state index < -0.39 is 11.9 Å². The Morgan fingerprint density at radius 2 is 2.05 bits per heavy atom. The second-order valence-corrected chi connectivity index (χ2v) is 5.31. The lowest BCUT2D eigenvalue weighted by Gasteiger charge is -2.07. The number of carbonyl (C=O) groups excluding carboxylic acids is 1. The van der Waals surface area contributed by atoms with Crippen molar-refractivity contribution < 1.29 is 19.8 Å². The van der Waals surface area contributed by atoms with Crippen molar-refractivity contribution in [1.29, 1.82) is 0 Å². The van der Waals surface area contributed by atoms with Gasteiger partial charge in [0.25, 0.3) is 5.91 Å². The topological polar surface area (TPSA) is 86.6 Å². The summed E-state index contributed by atoms with van der Waals surface area (Å²) >= 11 is 7.16. The molecule has 5 nitrogen and oxygen atoms in total. The van der Waals surface area contributed by atoms with Gasteiger partial charge in [-0.3, -0.25) is 4.79 Å². The van der Waals surface area contributed by atoms with Gasteiger partial charge in [0.05, 0.1) is 16.3 Å². The molecule has 20 heavy (non-hydrogen) atoms. The number of benzene rings is 1. The van der Waals surface area contributed by atoms with Crippen LogP contribution in [0.3, 0.4) is 0 Å². The maximum atomic E-state index is 12.0. The van der Waals surface area contributed by atoms with Gasteiger partial charge in [-0.25, -0.2) is 4.79 Å². The highest BCUT2D eigenvalue weighted by molar-refractivity contribution is 7.13. The van der Waals surface area contributed by atoms with Gasteiger partial charge >= 0.3 is 5.97 Å². The summed E-state index contributed by atoms with van der Waals surface area (Å²) < 4.78 is 0. The first kappa shape index (κ1) is 14.4. The number of carbonyl (C=O) groups is 2. The van der Waals surface area contributed by atoms with Crippen molar-refractivity contribution in [2.75, 3.05) is 5.32 Å². The van der Waals surface area contributed by atoms with Crippen molar-refractivity contribution in [2.45, 2.75) is 6.92 Å². The Morgan fingerprint density at radius 1 is 1.35 bits per heavy atom. The summed E-state index contributed by atoms with van der Waals surface area (Å²) in [4.78, 5) is 23.2. The number of aryl methyl sites for hydroxylation is 1. The molecule has 7 heteroatoms. The first-order chi connectivity index (χ1) is 9.40. The summed E-state index contributed by atoms with van der Waals surface area (Å²) in [6, 6.07) is 3.64. The van der Waals surface area contributed by atoms with E-state index in [1.54, 1.807) is 12.3 Å². The number of phenolic OH excluding ortho intramolecular Hbond substituents is 1. The fourth-order valence-electron chi connectivity index (χ4n) is 1.53. The molecule has 0 saturated heterocycles. The molecule has 0 bridgehead atoms. The largest absolute Gasteiger partial charge is 0.506 e. The molecule has 0 aliphatic rings. The molecule has 0 atom stereocenters. The van der Waals surface area contributed by atoms with E-state index in [0.717, 1.165) is 5.56 Å². The number of anilines is 1. The molecule has 3 N–H and O–H groups in total. The van der Waals surface area contributed by atoms with Crippen molar-refractivity contribution in [3.8, 4) is 5.75 Å². The van der Waals surface area contributed by atoms with Crippen molar-refractivity contribution in [3.05, 3.63) is 44.6 Å². The molecule has 0 fully saturated rings. The zero-order valence-corrected chi connectivity index (χ0v) is 11.9. The number of hydrogen-bond acceptors (Lipinski definition) is 4. The summed E-state index contributed by atoms with van der Waals surface area (Å²) in [6.07, 6.45) is 0. The number of nitrogens with one attached hydrogen (secondary N) is 1. The number of amides is 1. The normalized spacial score (nSPS) is 10.3. The third kappa shape index (κ3) is 2.76.